The van der Waals surface area contributed by atoms with Crippen LogP contribution in [0.1, 0.15) is 39.2 Å². The van der Waals surface area contributed by atoms with Gasteiger partial charge >= 0.3 is 0 Å². The third-order valence-electron chi connectivity index (χ3n) is 3.37. The van der Waals surface area contributed by atoms with Crippen molar-refractivity contribution in [2.75, 3.05) is 5.32 Å². The van der Waals surface area contributed by atoms with Gasteiger partial charge in [-0.1, -0.05) is 5.16 Å². The Kier molecular flexibility index (Phi) is 3.43. The number of anilines is 1. The molecule has 0 fully saturated rings. The zero-order valence-electron chi connectivity index (χ0n) is 12.3. The maximum Gasteiger partial charge on any atom is 0.261 e. The summed E-state index contributed by atoms with van der Waals surface area (Å²) in [5.74, 6) is -0.428. The monoisotopic (exact) mass is 309 g/mol. The van der Waals surface area contributed by atoms with Gasteiger partial charge in [-0.25, -0.2) is 0 Å². The highest BCUT2D eigenvalue weighted by molar-refractivity contribution is 6.14. The number of ketones is 1. The third-order valence-corrected chi connectivity index (χ3v) is 3.37. The van der Waals surface area contributed by atoms with Crippen LogP contribution < -0.4 is 5.32 Å². The number of rotatable bonds is 3. The molecule has 0 aliphatic carbocycles. The molecule has 1 aromatic carbocycles. The number of benzene rings is 1. The van der Waals surface area contributed by atoms with Crippen molar-refractivity contribution in [1.82, 2.24) is 5.16 Å². The summed E-state index contributed by atoms with van der Waals surface area (Å²) < 4.78 is 10.4. The summed E-state index contributed by atoms with van der Waals surface area (Å²) in [6, 6.07) is 6.73. The lowest BCUT2D eigenvalue weighted by Gasteiger charge is -2.03. The summed E-state index contributed by atoms with van der Waals surface area (Å²) in [6.07, 6.45) is 1.29. The molecule has 0 atom stereocenters. The van der Waals surface area contributed by atoms with E-state index in [9.17, 15) is 9.59 Å². The van der Waals surface area contributed by atoms with Crippen molar-refractivity contribution >= 4 is 28.3 Å². The molecule has 1 N–H and O–H groups in total. The number of fused-ring (bicyclic) bond motifs is 1. The van der Waals surface area contributed by atoms with Crippen molar-refractivity contribution in [1.29, 1.82) is 5.26 Å². The molecule has 1 amide bonds. The Morgan fingerprint density at radius 2 is 2.13 bits per heavy atom. The highest BCUT2D eigenvalue weighted by Crippen LogP contribution is 2.32. The third kappa shape index (κ3) is 2.46. The van der Waals surface area contributed by atoms with E-state index in [0.29, 0.717) is 22.3 Å². The molecule has 0 spiro atoms. The number of nitrogens with one attached hydrogen (secondary N) is 1. The SMILES string of the molecule is CC(=O)c1oc2ccc(C#N)cc2c1NC(=O)c1cnoc1C. The normalized spacial score (nSPS) is 10.5. The summed E-state index contributed by atoms with van der Waals surface area (Å²) in [7, 11) is 0. The summed E-state index contributed by atoms with van der Waals surface area (Å²) in [4.78, 5) is 24.1. The van der Waals surface area contributed by atoms with Crippen LogP contribution >= 0.6 is 0 Å². The van der Waals surface area contributed by atoms with Crippen LogP contribution in [0.25, 0.3) is 11.0 Å². The van der Waals surface area contributed by atoms with Crippen molar-refractivity contribution in [2.24, 2.45) is 0 Å². The minimum absolute atomic E-state index is 0.0255. The number of carbonyl (C=O) groups is 2. The summed E-state index contributed by atoms with van der Waals surface area (Å²) in [5, 5.41) is 15.7. The zero-order valence-corrected chi connectivity index (χ0v) is 12.3. The van der Waals surface area contributed by atoms with Gasteiger partial charge in [0.15, 0.2) is 11.5 Å². The molecule has 0 radical (unpaired) electrons. The molecular weight excluding hydrogens is 298 g/mol. The van der Waals surface area contributed by atoms with Crippen molar-refractivity contribution in [2.45, 2.75) is 13.8 Å². The number of nitriles is 1. The molecule has 0 bridgehead atoms. The molecule has 3 rings (SSSR count). The predicted octanol–water partition coefficient (Wildman–Crippen LogP) is 3.06. The second-order valence-corrected chi connectivity index (χ2v) is 4.93. The minimum Gasteiger partial charge on any atom is -0.451 e. The first-order valence-electron chi connectivity index (χ1n) is 6.71. The van der Waals surface area contributed by atoms with Crippen LogP contribution in [0.2, 0.25) is 0 Å². The lowest BCUT2D eigenvalue weighted by molar-refractivity contribution is 0.0990. The maximum absolute atomic E-state index is 12.3. The standard InChI is InChI=1S/C16H11N3O4/c1-8(20)15-14(19-16(21)12-7-18-23-9(12)2)11-5-10(6-17)3-4-13(11)22-15/h3-5,7H,1-2H3,(H,19,21). The van der Waals surface area contributed by atoms with E-state index in [1.807, 2.05) is 6.07 Å². The number of hydrogen-bond acceptors (Lipinski definition) is 6. The van der Waals surface area contributed by atoms with Gasteiger partial charge in [-0.15, -0.1) is 0 Å². The minimum atomic E-state index is -0.476. The first-order chi connectivity index (χ1) is 11.0. The van der Waals surface area contributed by atoms with Gasteiger partial charge in [0, 0.05) is 12.3 Å². The van der Waals surface area contributed by atoms with Crippen LogP contribution in [-0.4, -0.2) is 16.8 Å². The Morgan fingerprint density at radius 1 is 1.35 bits per heavy atom. The Morgan fingerprint density at radius 3 is 2.74 bits per heavy atom. The fraction of sp³-hybridized carbons (Fsp3) is 0.125. The fourth-order valence-corrected chi connectivity index (χ4v) is 2.24. The molecular formula is C16H11N3O4. The number of aryl methyl sites for hydroxylation is 1. The average Bonchev–Trinajstić information content (AvgIpc) is 3.11. The number of hydrogen-bond donors (Lipinski definition) is 1. The summed E-state index contributed by atoms with van der Waals surface area (Å²) >= 11 is 0. The van der Waals surface area contributed by atoms with Crippen LogP contribution in [0.3, 0.4) is 0 Å². The second-order valence-electron chi connectivity index (χ2n) is 4.93. The predicted molar refractivity (Wildman–Crippen MR) is 80.1 cm³/mol. The van der Waals surface area contributed by atoms with Crippen molar-refractivity contribution in [3.05, 3.63) is 47.0 Å². The van der Waals surface area contributed by atoms with E-state index in [1.165, 1.54) is 13.1 Å². The molecule has 0 saturated carbocycles. The van der Waals surface area contributed by atoms with Crippen molar-refractivity contribution in [3.63, 3.8) is 0 Å². The molecule has 7 heteroatoms. The van der Waals surface area contributed by atoms with Gasteiger partial charge in [0.25, 0.3) is 5.91 Å². The van der Waals surface area contributed by atoms with Gasteiger partial charge in [-0.2, -0.15) is 5.26 Å². The Balaban J connectivity index is 2.13. The lowest BCUT2D eigenvalue weighted by atomic mass is 10.1. The van der Waals surface area contributed by atoms with Crippen molar-refractivity contribution < 1.29 is 18.5 Å². The highest BCUT2D eigenvalue weighted by atomic mass is 16.5. The van der Waals surface area contributed by atoms with Crippen molar-refractivity contribution in [3.8, 4) is 6.07 Å². The van der Waals surface area contributed by atoms with Crippen LogP contribution in [0.4, 0.5) is 5.69 Å². The molecule has 23 heavy (non-hydrogen) atoms. The summed E-state index contributed by atoms with van der Waals surface area (Å²) in [6.45, 7) is 2.94. The molecule has 2 aromatic heterocycles. The van der Waals surface area contributed by atoms with Crippen LogP contribution in [-0.2, 0) is 0 Å². The van der Waals surface area contributed by atoms with E-state index >= 15 is 0 Å². The lowest BCUT2D eigenvalue weighted by Crippen LogP contribution is -2.13. The van der Waals surface area contributed by atoms with Gasteiger partial charge in [-0.05, 0) is 25.1 Å². The zero-order chi connectivity index (χ0) is 16.6. The fourth-order valence-electron chi connectivity index (χ4n) is 2.24. The molecule has 114 valence electrons. The van der Waals surface area contributed by atoms with Gasteiger partial charge in [0.2, 0.25) is 0 Å². The molecule has 7 nitrogen and oxygen atoms in total. The van der Waals surface area contributed by atoms with E-state index in [1.54, 1.807) is 25.1 Å². The molecule has 0 saturated heterocycles. The van der Waals surface area contributed by atoms with Gasteiger partial charge in [0.1, 0.15) is 16.9 Å². The Hall–Kier alpha value is -3.40. The van der Waals surface area contributed by atoms with Gasteiger partial charge in [-0.3, -0.25) is 9.59 Å². The number of Topliss-reactive ketones (excluding diaryl/α,β-unsaturated/α-hetero) is 1. The van der Waals surface area contributed by atoms with E-state index in [4.69, 9.17) is 14.2 Å². The Labute approximate surface area is 130 Å². The van der Waals surface area contributed by atoms with E-state index < -0.39 is 5.91 Å². The topological polar surface area (TPSA) is 109 Å². The first kappa shape index (κ1) is 14.5. The van der Waals surface area contributed by atoms with E-state index in [2.05, 4.69) is 10.5 Å². The van der Waals surface area contributed by atoms with Gasteiger partial charge in [0.05, 0.1) is 23.5 Å². The van der Waals surface area contributed by atoms with Crippen LogP contribution in [0, 0.1) is 18.3 Å². The molecule has 0 aliphatic heterocycles. The molecule has 2 heterocycles. The number of nitrogens with zero attached hydrogens (tertiary/aromatic N) is 2. The largest absolute Gasteiger partial charge is 0.451 e. The summed E-state index contributed by atoms with van der Waals surface area (Å²) in [5.41, 5.74) is 1.29. The molecule has 3 aromatic rings. The average molecular weight is 309 g/mol. The quantitative estimate of drug-likeness (QED) is 0.745. The van der Waals surface area contributed by atoms with E-state index in [-0.39, 0.29) is 22.8 Å². The Bertz CT molecular complexity index is 975. The highest BCUT2D eigenvalue weighted by Gasteiger charge is 2.22. The second kappa shape index (κ2) is 5.42. The number of aromatic nitrogens is 1. The van der Waals surface area contributed by atoms with Crippen LogP contribution in [0.15, 0.2) is 33.3 Å². The number of amides is 1. The first-order valence-corrected chi connectivity index (χ1v) is 6.71. The maximum atomic E-state index is 12.3. The van der Waals surface area contributed by atoms with Crippen LogP contribution in [0.5, 0.6) is 0 Å². The number of furan rings is 1. The molecule has 0 aliphatic rings. The van der Waals surface area contributed by atoms with E-state index in [0.717, 1.165) is 0 Å². The van der Waals surface area contributed by atoms with Gasteiger partial charge < -0.3 is 14.3 Å². The number of carbonyl (C=O) groups excluding carboxylic acids is 2. The smallest absolute Gasteiger partial charge is 0.261 e. The molecule has 0 unspecified atom stereocenters.